The van der Waals surface area contributed by atoms with Crippen molar-refractivity contribution in [2.45, 2.75) is 50.6 Å². The fourth-order valence-electron chi connectivity index (χ4n) is 4.79. The normalized spacial score (nSPS) is 17.1. The molecule has 1 saturated heterocycles. The highest BCUT2D eigenvalue weighted by atomic mass is 32.2. The lowest BCUT2D eigenvalue weighted by Gasteiger charge is -2.34. The minimum Gasteiger partial charge on any atom is -0.497 e. The summed E-state index contributed by atoms with van der Waals surface area (Å²) in [5.74, 6) is 0.392. The monoisotopic (exact) mass is 534 g/mol. The van der Waals surface area contributed by atoms with Gasteiger partial charge in [-0.05, 0) is 83.6 Å². The number of rotatable bonds is 11. The first-order valence-corrected chi connectivity index (χ1v) is 14.2. The highest BCUT2D eigenvalue weighted by molar-refractivity contribution is 7.89. The maximum Gasteiger partial charge on any atom is 0.316 e. The number of ether oxygens (including phenoxy) is 1. The smallest absolute Gasteiger partial charge is 0.316 e. The van der Waals surface area contributed by atoms with Crippen molar-refractivity contribution in [3.05, 3.63) is 35.0 Å². The van der Waals surface area contributed by atoms with Crippen molar-refractivity contribution in [2.75, 3.05) is 60.5 Å². The molecule has 0 spiro atoms. The molecule has 4 rings (SSSR count). The molecule has 1 aliphatic carbocycles. The molecule has 1 aromatic heterocycles. The van der Waals surface area contributed by atoms with E-state index in [0.717, 1.165) is 45.4 Å². The van der Waals surface area contributed by atoms with Crippen molar-refractivity contribution < 1.29 is 22.5 Å². The quantitative estimate of drug-likeness (QED) is 0.426. The number of aryl methyl sites for hydroxylation is 2. The van der Waals surface area contributed by atoms with E-state index in [9.17, 15) is 13.2 Å². The molecule has 0 N–H and O–H groups in total. The van der Waals surface area contributed by atoms with Crippen molar-refractivity contribution in [3.63, 3.8) is 0 Å². The number of carbonyl (C=O) groups excluding carboxylic acids is 1. The fraction of sp³-hybridized carbons (Fsp3) is 0.640. The fourth-order valence-corrected chi connectivity index (χ4v) is 6.85. The second kappa shape index (κ2) is 11.5. The topological polar surface area (TPSA) is 112 Å². The van der Waals surface area contributed by atoms with Gasteiger partial charge in [-0.15, -0.1) is 0 Å². The SMILES string of the molecule is COc1cc(C)c(S(=O)(=O)N(Cc2noc(C(=O)N3CCN(CCCN(C)C)CC3)n2)C2CC2)c(C)c1. The van der Waals surface area contributed by atoms with Gasteiger partial charge in [-0.25, -0.2) is 8.42 Å². The molecule has 0 radical (unpaired) electrons. The molecule has 2 heterocycles. The number of carbonyl (C=O) groups is 1. The van der Waals surface area contributed by atoms with Gasteiger partial charge in [-0.3, -0.25) is 9.69 Å². The first kappa shape index (κ1) is 27.5. The zero-order valence-corrected chi connectivity index (χ0v) is 23.3. The number of sulfonamides is 1. The summed E-state index contributed by atoms with van der Waals surface area (Å²) in [6.07, 6.45) is 2.63. The Morgan fingerprint density at radius 3 is 2.35 bits per heavy atom. The summed E-state index contributed by atoms with van der Waals surface area (Å²) in [4.78, 5) is 23.8. The van der Waals surface area contributed by atoms with E-state index in [1.54, 1.807) is 38.0 Å². The number of benzene rings is 1. The summed E-state index contributed by atoms with van der Waals surface area (Å²) in [5.41, 5.74) is 1.24. The van der Waals surface area contributed by atoms with Gasteiger partial charge in [0, 0.05) is 32.2 Å². The van der Waals surface area contributed by atoms with E-state index in [0.29, 0.717) is 30.0 Å². The first-order chi connectivity index (χ1) is 17.6. The lowest BCUT2D eigenvalue weighted by Crippen LogP contribution is -2.49. The van der Waals surface area contributed by atoms with E-state index in [4.69, 9.17) is 9.26 Å². The Hall–Kier alpha value is -2.54. The van der Waals surface area contributed by atoms with Gasteiger partial charge >= 0.3 is 11.8 Å². The van der Waals surface area contributed by atoms with Gasteiger partial charge in [0.15, 0.2) is 5.82 Å². The van der Waals surface area contributed by atoms with Gasteiger partial charge in [0.05, 0.1) is 18.6 Å². The van der Waals surface area contributed by atoms with Gasteiger partial charge in [0.2, 0.25) is 10.0 Å². The zero-order valence-electron chi connectivity index (χ0n) is 22.4. The lowest BCUT2D eigenvalue weighted by atomic mass is 10.1. The summed E-state index contributed by atoms with van der Waals surface area (Å²) in [6.45, 7) is 8.31. The molecule has 1 aromatic carbocycles. The van der Waals surface area contributed by atoms with E-state index < -0.39 is 10.0 Å². The Kier molecular flexibility index (Phi) is 8.52. The van der Waals surface area contributed by atoms with Crippen molar-refractivity contribution in [1.82, 2.24) is 29.1 Å². The highest BCUT2D eigenvalue weighted by Gasteiger charge is 2.40. The van der Waals surface area contributed by atoms with Crippen LogP contribution in [0.4, 0.5) is 0 Å². The van der Waals surface area contributed by atoms with Crippen molar-refractivity contribution in [3.8, 4) is 5.75 Å². The molecule has 11 nitrogen and oxygen atoms in total. The predicted octanol–water partition coefficient (Wildman–Crippen LogP) is 1.76. The van der Waals surface area contributed by atoms with Gasteiger partial charge in [-0.1, -0.05) is 5.16 Å². The van der Waals surface area contributed by atoms with E-state index in [1.165, 1.54) is 4.31 Å². The van der Waals surface area contributed by atoms with Crippen molar-refractivity contribution in [2.24, 2.45) is 0 Å². The Bertz CT molecular complexity index is 1180. The molecule has 2 aromatic rings. The van der Waals surface area contributed by atoms with Crippen LogP contribution in [0.1, 0.15) is 46.9 Å². The Balaban J connectivity index is 1.42. The Labute approximate surface area is 219 Å². The second-order valence-corrected chi connectivity index (χ2v) is 12.0. The number of hydrogen-bond acceptors (Lipinski definition) is 9. The average Bonchev–Trinajstić information content (AvgIpc) is 3.58. The van der Waals surface area contributed by atoms with E-state index >= 15 is 0 Å². The molecular formula is C25H38N6O5S. The van der Waals surface area contributed by atoms with Crippen molar-refractivity contribution in [1.29, 1.82) is 0 Å². The third-order valence-corrected chi connectivity index (χ3v) is 9.08. The summed E-state index contributed by atoms with van der Waals surface area (Å²) < 4.78 is 39.4. The van der Waals surface area contributed by atoms with Gasteiger partial charge in [0.25, 0.3) is 0 Å². The summed E-state index contributed by atoms with van der Waals surface area (Å²) >= 11 is 0. The number of nitrogens with zero attached hydrogens (tertiary/aromatic N) is 6. The molecular weight excluding hydrogens is 496 g/mol. The van der Waals surface area contributed by atoms with Crippen LogP contribution >= 0.6 is 0 Å². The minimum atomic E-state index is -3.82. The van der Waals surface area contributed by atoms with Gasteiger partial charge < -0.3 is 19.1 Å². The van der Waals surface area contributed by atoms with E-state index in [2.05, 4.69) is 34.0 Å². The molecule has 2 aliphatic rings. The van der Waals surface area contributed by atoms with Crippen LogP contribution < -0.4 is 4.74 Å². The Morgan fingerprint density at radius 2 is 1.78 bits per heavy atom. The van der Waals surface area contributed by atoms with E-state index in [-0.39, 0.29) is 35.1 Å². The lowest BCUT2D eigenvalue weighted by molar-refractivity contribution is 0.0586. The minimum absolute atomic E-state index is 0.0473. The number of aromatic nitrogens is 2. The van der Waals surface area contributed by atoms with Crippen LogP contribution in [0.15, 0.2) is 21.6 Å². The van der Waals surface area contributed by atoms with Crippen molar-refractivity contribution >= 4 is 15.9 Å². The second-order valence-electron chi connectivity index (χ2n) is 10.2. The van der Waals surface area contributed by atoms with Crippen LogP contribution in [0.3, 0.4) is 0 Å². The number of amides is 1. The molecule has 1 aliphatic heterocycles. The maximum absolute atomic E-state index is 13.7. The molecule has 204 valence electrons. The average molecular weight is 535 g/mol. The molecule has 37 heavy (non-hydrogen) atoms. The van der Waals surface area contributed by atoms with Crippen LogP contribution in [0.25, 0.3) is 0 Å². The van der Waals surface area contributed by atoms with Crippen LogP contribution in [-0.2, 0) is 16.6 Å². The Morgan fingerprint density at radius 1 is 1.14 bits per heavy atom. The molecule has 0 unspecified atom stereocenters. The van der Waals surface area contributed by atoms with Crippen LogP contribution in [0.5, 0.6) is 5.75 Å². The van der Waals surface area contributed by atoms with E-state index in [1.807, 2.05) is 0 Å². The third-order valence-electron chi connectivity index (χ3n) is 6.88. The predicted molar refractivity (Wildman–Crippen MR) is 138 cm³/mol. The molecule has 0 atom stereocenters. The summed E-state index contributed by atoms with van der Waals surface area (Å²) in [6, 6.07) is 3.32. The molecule has 1 saturated carbocycles. The molecule has 1 amide bonds. The number of hydrogen-bond donors (Lipinski definition) is 0. The van der Waals surface area contributed by atoms with Crippen LogP contribution in [0.2, 0.25) is 0 Å². The summed E-state index contributed by atoms with van der Waals surface area (Å²) in [5, 5.41) is 3.96. The van der Waals surface area contributed by atoms with Gasteiger partial charge in [0.1, 0.15) is 5.75 Å². The van der Waals surface area contributed by atoms with Crippen LogP contribution in [0, 0.1) is 13.8 Å². The number of piperazine rings is 1. The molecule has 2 fully saturated rings. The highest BCUT2D eigenvalue weighted by Crippen LogP contribution is 2.36. The first-order valence-electron chi connectivity index (χ1n) is 12.8. The largest absolute Gasteiger partial charge is 0.497 e. The summed E-state index contributed by atoms with van der Waals surface area (Å²) in [7, 11) is 1.87. The van der Waals surface area contributed by atoms with Crippen LogP contribution in [-0.4, -0.2) is 110 Å². The molecule has 0 bridgehead atoms. The number of methoxy groups -OCH3 is 1. The maximum atomic E-state index is 13.7. The third kappa shape index (κ3) is 6.49. The molecule has 12 heteroatoms. The zero-order chi connectivity index (χ0) is 26.7. The standard InChI is InChI=1S/C25H38N6O5S/c1-18-15-21(35-5)16-19(2)23(18)37(33,34)31(20-7-8-20)17-22-26-24(36-27-22)25(32)30-13-11-29(12-14-30)10-6-9-28(3)4/h15-16,20H,6-14,17H2,1-5H3. The van der Waals surface area contributed by atoms with Gasteiger partial charge in [-0.2, -0.15) is 9.29 Å².